The van der Waals surface area contributed by atoms with E-state index in [-0.39, 0.29) is 34.3 Å². The highest BCUT2D eigenvalue weighted by molar-refractivity contribution is 7.87. The molecule has 0 aliphatic heterocycles. The smallest absolute Gasteiger partial charge is 0.289 e. The van der Waals surface area contributed by atoms with Gasteiger partial charge in [0.2, 0.25) is 0 Å². The van der Waals surface area contributed by atoms with Crippen LogP contribution in [0.15, 0.2) is 34.1 Å². The Kier molecular flexibility index (Phi) is 7.36. The molecule has 8 nitrogen and oxygen atoms in total. The Morgan fingerprint density at radius 2 is 1.12 bits per heavy atom. The summed E-state index contributed by atoms with van der Waals surface area (Å²) < 4.78 is 58.7. The van der Waals surface area contributed by atoms with Gasteiger partial charge in [-0.15, -0.1) is 0 Å². The average Bonchev–Trinajstić information content (AvgIpc) is 2.44. The van der Waals surface area contributed by atoms with E-state index in [0.717, 1.165) is 6.07 Å². The van der Waals surface area contributed by atoms with Gasteiger partial charge in [0.15, 0.2) is 0 Å². The van der Waals surface area contributed by atoms with Crippen LogP contribution < -0.4 is 10.6 Å². The summed E-state index contributed by atoms with van der Waals surface area (Å²) in [5, 5.41) is 5.76. The summed E-state index contributed by atoms with van der Waals surface area (Å²) in [6.45, 7) is 10.7. The lowest BCUT2D eigenvalue weighted by molar-refractivity contribution is 0.243. The first kappa shape index (κ1) is 23.0. The molecule has 0 aromatic heterocycles. The summed E-state index contributed by atoms with van der Waals surface area (Å²) in [5.74, 6) is 0. The lowest BCUT2D eigenvalue weighted by Crippen LogP contribution is -2.38. The van der Waals surface area contributed by atoms with E-state index in [1.54, 1.807) is 0 Å². The van der Waals surface area contributed by atoms with E-state index in [0.29, 0.717) is 0 Å². The van der Waals surface area contributed by atoms with Crippen molar-refractivity contribution in [2.45, 2.75) is 62.4 Å². The van der Waals surface area contributed by atoms with Crippen molar-refractivity contribution in [1.29, 1.82) is 0 Å². The van der Waals surface area contributed by atoms with Gasteiger partial charge >= 0.3 is 0 Å². The number of hydrogen-bond acceptors (Lipinski definition) is 8. The van der Waals surface area contributed by atoms with Crippen molar-refractivity contribution in [3.05, 3.63) is 24.3 Å². The first-order valence-electron chi connectivity index (χ1n) is 8.01. The average molecular weight is 409 g/mol. The molecule has 0 radical (unpaired) electrons. The van der Waals surface area contributed by atoms with Crippen LogP contribution in [-0.4, -0.2) is 41.4 Å². The summed E-state index contributed by atoms with van der Waals surface area (Å²) >= 11 is 0. The summed E-state index contributed by atoms with van der Waals surface area (Å²) in [6, 6.07) is 4.86. The van der Waals surface area contributed by atoms with Crippen LogP contribution in [0.3, 0.4) is 0 Å². The van der Waals surface area contributed by atoms with Crippen molar-refractivity contribution in [2.75, 3.05) is 13.5 Å². The van der Waals surface area contributed by atoms with Crippen molar-refractivity contribution >= 4 is 20.2 Å². The highest BCUT2D eigenvalue weighted by Crippen LogP contribution is 2.19. The summed E-state index contributed by atoms with van der Waals surface area (Å²) in [4.78, 5) is -0.525. The predicted octanol–water partition coefficient (Wildman–Crippen LogP) is 1.79. The van der Waals surface area contributed by atoms with Gasteiger partial charge in [-0.2, -0.15) is 16.8 Å². The van der Waals surface area contributed by atoms with Crippen molar-refractivity contribution in [1.82, 2.24) is 10.6 Å². The zero-order valence-corrected chi connectivity index (χ0v) is 17.6. The molecule has 10 heteroatoms. The summed E-state index contributed by atoms with van der Waals surface area (Å²) in [7, 11) is -8.21. The van der Waals surface area contributed by atoms with Gasteiger partial charge in [-0.3, -0.25) is 19.0 Å². The molecule has 0 unspecified atom stereocenters. The van der Waals surface area contributed by atoms with Gasteiger partial charge in [0.25, 0.3) is 20.2 Å². The fraction of sp³-hybridized carbons (Fsp3) is 0.625. The Bertz CT molecular complexity index is 741. The van der Waals surface area contributed by atoms with Gasteiger partial charge < -0.3 is 0 Å². The lowest BCUT2D eigenvalue weighted by Gasteiger charge is -2.20. The van der Waals surface area contributed by atoms with E-state index in [1.165, 1.54) is 18.2 Å². The van der Waals surface area contributed by atoms with Crippen molar-refractivity contribution < 1.29 is 25.2 Å². The van der Waals surface area contributed by atoms with Crippen LogP contribution in [0.25, 0.3) is 0 Å². The van der Waals surface area contributed by atoms with Crippen LogP contribution in [0.2, 0.25) is 0 Å². The molecule has 0 spiro atoms. The first-order chi connectivity index (χ1) is 11.6. The van der Waals surface area contributed by atoms with E-state index < -0.39 is 20.2 Å². The molecule has 1 rings (SSSR count). The normalized spacial score (nSPS) is 13.8. The van der Waals surface area contributed by atoms with Crippen LogP contribution in [0.4, 0.5) is 0 Å². The quantitative estimate of drug-likeness (QED) is 0.495. The number of benzene rings is 1. The molecule has 1 aromatic carbocycles. The van der Waals surface area contributed by atoms with Crippen molar-refractivity contribution in [2.24, 2.45) is 0 Å². The summed E-state index contributed by atoms with van der Waals surface area (Å²) in [6.07, 6.45) is 0. The molecule has 0 saturated carbocycles. The van der Waals surface area contributed by atoms with E-state index in [1.807, 2.05) is 41.5 Å². The number of rotatable bonds is 8. The molecule has 0 aliphatic carbocycles. The zero-order chi connectivity index (χ0) is 20.2. The molecule has 0 heterocycles. The molecule has 0 atom stereocenters. The standard InChI is InChI=1S/C16H28N2O6S2/c1-15(2,3)17-11-23-25(19,20)13-8-7-9-14(10-13)26(21,22)24-12-18-16(4,5)6/h7-10,17-18H,11-12H2,1-6H3. The third-order valence-electron chi connectivity index (χ3n) is 3.02. The highest BCUT2D eigenvalue weighted by Gasteiger charge is 2.22. The Morgan fingerprint density at radius 1 is 0.769 bits per heavy atom. The fourth-order valence-electron chi connectivity index (χ4n) is 1.57. The van der Waals surface area contributed by atoms with Gasteiger partial charge in [0, 0.05) is 11.1 Å². The number of nitrogens with one attached hydrogen (secondary N) is 2. The minimum absolute atomic E-state index is 0.227. The second-order valence-electron chi connectivity index (χ2n) is 7.76. The minimum atomic E-state index is -4.11. The van der Waals surface area contributed by atoms with E-state index in [4.69, 9.17) is 8.37 Å². The van der Waals surface area contributed by atoms with E-state index in [2.05, 4.69) is 10.6 Å². The molecular formula is C16H28N2O6S2. The third-order valence-corrected chi connectivity index (χ3v) is 5.53. The molecule has 0 amide bonds. The molecule has 150 valence electrons. The van der Waals surface area contributed by atoms with Gasteiger partial charge in [0.05, 0.1) is 9.79 Å². The van der Waals surface area contributed by atoms with E-state index in [9.17, 15) is 16.8 Å². The highest BCUT2D eigenvalue weighted by atomic mass is 32.2. The van der Waals surface area contributed by atoms with Crippen LogP contribution in [0.5, 0.6) is 0 Å². The van der Waals surface area contributed by atoms with Gasteiger partial charge in [-0.1, -0.05) is 6.07 Å². The zero-order valence-electron chi connectivity index (χ0n) is 16.0. The maximum atomic E-state index is 12.2. The Morgan fingerprint density at radius 3 is 1.42 bits per heavy atom. The van der Waals surface area contributed by atoms with Crippen LogP contribution in [0.1, 0.15) is 41.5 Å². The van der Waals surface area contributed by atoms with Gasteiger partial charge in [-0.25, -0.2) is 0 Å². The molecule has 0 saturated heterocycles. The largest absolute Gasteiger partial charge is 0.298 e. The second-order valence-corrected chi connectivity index (χ2v) is 11.0. The SMILES string of the molecule is CC(C)(C)NCOS(=O)(=O)c1cccc(S(=O)(=O)OCNC(C)(C)C)c1. The first-order valence-corrected chi connectivity index (χ1v) is 10.8. The predicted molar refractivity (Wildman–Crippen MR) is 98.5 cm³/mol. The molecule has 26 heavy (non-hydrogen) atoms. The van der Waals surface area contributed by atoms with Crippen molar-refractivity contribution in [3.63, 3.8) is 0 Å². The fourth-order valence-corrected chi connectivity index (χ4v) is 3.38. The maximum Gasteiger partial charge on any atom is 0.298 e. The Balaban J connectivity index is 2.89. The Hall–Kier alpha value is -1.04. The van der Waals surface area contributed by atoms with Gasteiger partial charge in [-0.05, 0) is 59.7 Å². The van der Waals surface area contributed by atoms with E-state index >= 15 is 0 Å². The minimum Gasteiger partial charge on any atom is -0.289 e. The third kappa shape index (κ3) is 8.11. The Labute approximate surface area is 156 Å². The second kappa shape index (κ2) is 8.32. The monoisotopic (exact) mass is 408 g/mol. The molecule has 0 bridgehead atoms. The van der Waals surface area contributed by atoms with Crippen molar-refractivity contribution in [3.8, 4) is 0 Å². The topological polar surface area (TPSA) is 111 Å². The molecule has 0 fully saturated rings. The summed E-state index contributed by atoms with van der Waals surface area (Å²) in [5.41, 5.74) is -0.650. The maximum absolute atomic E-state index is 12.2. The lowest BCUT2D eigenvalue weighted by atomic mass is 10.1. The van der Waals surface area contributed by atoms with Crippen LogP contribution in [0, 0.1) is 0 Å². The van der Waals surface area contributed by atoms with Crippen LogP contribution in [-0.2, 0) is 28.6 Å². The molecule has 1 aromatic rings. The molecule has 0 aliphatic rings. The van der Waals surface area contributed by atoms with Gasteiger partial charge in [0.1, 0.15) is 13.5 Å². The van der Waals surface area contributed by atoms with Crippen LogP contribution >= 0.6 is 0 Å². The molecule has 2 N–H and O–H groups in total. The number of hydrogen-bond donors (Lipinski definition) is 2. The molecular weight excluding hydrogens is 380 g/mol.